The van der Waals surface area contributed by atoms with Crippen LogP contribution >= 0.6 is 23.6 Å². The molecule has 100 valence electrons. The Hall–Kier alpha value is -2.12. The highest BCUT2D eigenvalue weighted by molar-refractivity contribution is 7.80. The fraction of sp³-hybridized carbons (Fsp3) is 0.0769. The number of thiocarbonyl (C=S) groups is 1. The van der Waals surface area contributed by atoms with E-state index in [4.69, 9.17) is 18.0 Å². The fourth-order valence-electron chi connectivity index (χ4n) is 1.81. The molecule has 3 rings (SSSR count). The van der Waals surface area contributed by atoms with Crippen LogP contribution in [0.15, 0.2) is 29.8 Å². The van der Waals surface area contributed by atoms with Crippen LogP contribution in [0.5, 0.6) is 0 Å². The van der Waals surface area contributed by atoms with Crippen LogP contribution in [-0.4, -0.2) is 19.9 Å². The summed E-state index contributed by atoms with van der Waals surface area (Å²) in [5, 5.41) is 3.16. The maximum atomic E-state index is 5.61. The van der Waals surface area contributed by atoms with E-state index in [-0.39, 0.29) is 4.99 Å². The number of fused-ring (bicyclic) bond motifs is 1. The van der Waals surface area contributed by atoms with E-state index in [0.29, 0.717) is 11.6 Å². The smallest absolute Gasteiger partial charge is 0.228 e. The summed E-state index contributed by atoms with van der Waals surface area (Å²) in [6, 6.07) is 7.67. The van der Waals surface area contributed by atoms with Crippen molar-refractivity contribution in [3.63, 3.8) is 0 Å². The van der Waals surface area contributed by atoms with Crippen molar-refractivity contribution in [2.45, 2.75) is 6.92 Å². The van der Waals surface area contributed by atoms with Crippen molar-refractivity contribution in [1.29, 1.82) is 0 Å². The largest absolute Gasteiger partial charge is 0.388 e. The molecule has 0 fully saturated rings. The van der Waals surface area contributed by atoms with Crippen LogP contribution in [-0.2, 0) is 0 Å². The topological polar surface area (TPSA) is 76.7 Å². The third kappa shape index (κ3) is 2.59. The molecule has 0 radical (unpaired) electrons. The lowest BCUT2D eigenvalue weighted by molar-refractivity contribution is 1.09. The summed E-state index contributed by atoms with van der Waals surface area (Å²) in [5.41, 5.74) is 10.7. The highest BCUT2D eigenvalue weighted by Crippen LogP contribution is 2.23. The van der Waals surface area contributed by atoms with Gasteiger partial charge in [0.25, 0.3) is 0 Å². The number of aromatic nitrogens is 3. The molecule has 1 aromatic carbocycles. The Balaban J connectivity index is 1.95. The molecule has 0 unspecified atom stereocenters. The molecule has 7 heteroatoms. The lowest BCUT2D eigenvalue weighted by Crippen LogP contribution is -2.13. The third-order valence-corrected chi connectivity index (χ3v) is 3.69. The number of thiazole rings is 1. The number of nitrogens with zero attached hydrogens (tertiary/aromatic N) is 3. The van der Waals surface area contributed by atoms with Crippen LogP contribution in [0.2, 0.25) is 0 Å². The molecular weight excluding hydrogens is 290 g/mol. The summed E-state index contributed by atoms with van der Waals surface area (Å²) in [6.07, 6.45) is 0. The van der Waals surface area contributed by atoms with Crippen LogP contribution in [0.1, 0.15) is 11.4 Å². The zero-order valence-corrected chi connectivity index (χ0v) is 12.3. The average Bonchev–Trinajstić information content (AvgIpc) is 2.85. The monoisotopic (exact) mass is 301 g/mol. The lowest BCUT2D eigenvalue weighted by atomic mass is 10.3. The van der Waals surface area contributed by atoms with Crippen molar-refractivity contribution in [1.82, 2.24) is 15.0 Å². The van der Waals surface area contributed by atoms with E-state index < -0.39 is 0 Å². The zero-order valence-electron chi connectivity index (χ0n) is 10.6. The Morgan fingerprint density at radius 3 is 2.95 bits per heavy atom. The van der Waals surface area contributed by atoms with Crippen molar-refractivity contribution < 1.29 is 0 Å². The first-order valence-electron chi connectivity index (χ1n) is 5.87. The third-order valence-electron chi connectivity index (χ3n) is 2.69. The van der Waals surface area contributed by atoms with Crippen molar-refractivity contribution in [2.24, 2.45) is 5.73 Å². The molecule has 0 aliphatic rings. The van der Waals surface area contributed by atoms with Gasteiger partial charge in [0.15, 0.2) is 0 Å². The first-order valence-corrected chi connectivity index (χ1v) is 7.16. The molecule has 0 saturated heterocycles. The molecule has 3 N–H and O–H groups in total. The number of nitrogens with one attached hydrogen (secondary N) is 1. The second kappa shape index (κ2) is 5.10. The maximum absolute atomic E-state index is 5.61. The number of benzene rings is 1. The number of hydrogen-bond donors (Lipinski definition) is 2. The normalized spacial score (nSPS) is 10.7. The van der Waals surface area contributed by atoms with Crippen LogP contribution in [0, 0.1) is 6.92 Å². The second-order valence-corrected chi connectivity index (χ2v) is 5.57. The van der Waals surface area contributed by atoms with E-state index >= 15 is 0 Å². The van der Waals surface area contributed by atoms with E-state index in [0.717, 1.165) is 21.6 Å². The van der Waals surface area contributed by atoms with Crippen LogP contribution in [0.3, 0.4) is 0 Å². The Labute approximate surface area is 124 Å². The van der Waals surface area contributed by atoms with Gasteiger partial charge in [-0.1, -0.05) is 12.2 Å². The van der Waals surface area contributed by atoms with Crippen molar-refractivity contribution in [2.75, 3.05) is 5.32 Å². The summed E-state index contributed by atoms with van der Waals surface area (Å²) in [5.74, 6) is 0.483. The molecule has 0 amide bonds. The summed E-state index contributed by atoms with van der Waals surface area (Å²) in [4.78, 5) is 13.1. The Morgan fingerprint density at radius 1 is 1.30 bits per heavy atom. The minimum absolute atomic E-state index is 0.261. The van der Waals surface area contributed by atoms with Gasteiger partial charge >= 0.3 is 0 Å². The lowest BCUT2D eigenvalue weighted by Gasteiger charge is -2.07. The molecule has 2 heterocycles. The van der Waals surface area contributed by atoms with Crippen LogP contribution in [0.25, 0.3) is 10.2 Å². The Bertz CT molecular complexity index is 796. The number of rotatable bonds is 3. The standard InChI is InChI=1S/C13H11N5S2/c1-7-4-10(12(14)19)18-13(16-7)17-8-2-3-9-11(5-8)20-6-15-9/h2-6H,1H3,(H2,14,19)(H,16,17,18). The molecule has 0 bridgehead atoms. The molecule has 0 saturated carbocycles. The number of hydrogen-bond acceptors (Lipinski definition) is 6. The zero-order chi connectivity index (χ0) is 14.1. The van der Waals surface area contributed by atoms with E-state index in [2.05, 4.69) is 20.3 Å². The molecular formula is C13H11N5S2. The van der Waals surface area contributed by atoms with Gasteiger partial charge in [-0.25, -0.2) is 15.0 Å². The van der Waals surface area contributed by atoms with Gasteiger partial charge in [-0.3, -0.25) is 0 Å². The second-order valence-electron chi connectivity index (χ2n) is 4.24. The fourth-order valence-corrected chi connectivity index (χ4v) is 2.63. The number of aryl methyl sites for hydroxylation is 1. The SMILES string of the molecule is Cc1cc(C(N)=S)nc(Nc2ccc3ncsc3c2)n1. The Morgan fingerprint density at radius 2 is 2.15 bits per heavy atom. The maximum Gasteiger partial charge on any atom is 0.228 e. The first kappa shape index (κ1) is 12.9. The number of anilines is 2. The average molecular weight is 301 g/mol. The predicted octanol–water partition coefficient (Wildman–Crippen LogP) is 2.77. The summed E-state index contributed by atoms with van der Waals surface area (Å²) in [6.45, 7) is 1.88. The Kier molecular flexibility index (Phi) is 3.29. The quantitative estimate of drug-likeness (QED) is 0.724. The van der Waals surface area contributed by atoms with Gasteiger partial charge in [0, 0.05) is 11.4 Å². The molecule has 0 spiro atoms. The van der Waals surface area contributed by atoms with Gasteiger partial charge in [-0.15, -0.1) is 11.3 Å². The van der Waals surface area contributed by atoms with Crippen LogP contribution < -0.4 is 11.1 Å². The number of nitrogens with two attached hydrogens (primary N) is 1. The van der Waals surface area contributed by atoms with Crippen molar-refractivity contribution >= 4 is 50.4 Å². The van der Waals surface area contributed by atoms with E-state index in [9.17, 15) is 0 Å². The predicted molar refractivity (Wildman–Crippen MR) is 85.6 cm³/mol. The molecule has 0 aliphatic carbocycles. The van der Waals surface area contributed by atoms with Crippen molar-refractivity contribution in [3.8, 4) is 0 Å². The minimum atomic E-state index is 0.261. The molecule has 5 nitrogen and oxygen atoms in total. The van der Waals surface area contributed by atoms with Gasteiger partial charge in [-0.05, 0) is 31.2 Å². The van der Waals surface area contributed by atoms with Gasteiger partial charge < -0.3 is 11.1 Å². The summed E-state index contributed by atoms with van der Waals surface area (Å²) < 4.78 is 1.11. The first-order chi connectivity index (χ1) is 9.61. The van der Waals surface area contributed by atoms with Gasteiger partial charge in [-0.2, -0.15) is 0 Å². The van der Waals surface area contributed by atoms with Gasteiger partial charge in [0.1, 0.15) is 10.7 Å². The molecule has 2 aromatic heterocycles. The van der Waals surface area contributed by atoms with Crippen LogP contribution in [0.4, 0.5) is 11.6 Å². The highest BCUT2D eigenvalue weighted by atomic mass is 32.1. The molecule has 3 aromatic rings. The summed E-state index contributed by atoms with van der Waals surface area (Å²) in [7, 11) is 0. The van der Waals surface area contributed by atoms with Crippen molar-refractivity contribution in [3.05, 3.63) is 41.2 Å². The van der Waals surface area contributed by atoms with Gasteiger partial charge in [0.2, 0.25) is 5.95 Å². The highest BCUT2D eigenvalue weighted by Gasteiger charge is 2.06. The minimum Gasteiger partial charge on any atom is -0.388 e. The van der Waals surface area contributed by atoms with E-state index in [1.165, 1.54) is 0 Å². The molecule has 0 aliphatic heterocycles. The van der Waals surface area contributed by atoms with E-state index in [1.54, 1.807) is 17.4 Å². The molecule has 0 atom stereocenters. The van der Waals surface area contributed by atoms with Gasteiger partial charge in [0.05, 0.1) is 15.7 Å². The molecule has 20 heavy (non-hydrogen) atoms. The van der Waals surface area contributed by atoms with E-state index in [1.807, 2.05) is 30.6 Å². The summed E-state index contributed by atoms with van der Waals surface area (Å²) >= 11 is 6.54.